The second-order valence-electron chi connectivity index (χ2n) is 12.7. The molecule has 0 atom stereocenters. The van der Waals surface area contributed by atoms with Gasteiger partial charge in [-0.2, -0.15) is 0 Å². The van der Waals surface area contributed by atoms with E-state index in [0.29, 0.717) is 11.1 Å². The van der Waals surface area contributed by atoms with Gasteiger partial charge in [-0.3, -0.25) is 28.8 Å². The van der Waals surface area contributed by atoms with Gasteiger partial charge in [0.25, 0.3) is 5.91 Å². The van der Waals surface area contributed by atoms with Gasteiger partial charge in [-0.15, -0.1) is 0 Å². The van der Waals surface area contributed by atoms with Gasteiger partial charge in [0.1, 0.15) is 62.1 Å². The highest BCUT2D eigenvalue weighted by atomic mass is 16.5. The minimum atomic E-state index is -1.33. The Hall–Kier alpha value is -7.37. The third-order valence-electron chi connectivity index (χ3n) is 8.12. The molecule has 0 saturated heterocycles. The van der Waals surface area contributed by atoms with Gasteiger partial charge in [0, 0.05) is 49.7 Å². The molecule has 0 radical (unpaired) electrons. The van der Waals surface area contributed by atoms with Crippen molar-refractivity contribution < 1.29 is 58.3 Å². The zero-order valence-corrected chi connectivity index (χ0v) is 30.3. The van der Waals surface area contributed by atoms with Gasteiger partial charge in [-0.05, 0) is 48.9 Å². The lowest BCUT2D eigenvalue weighted by Crippen LogP contribution is -2.35. The molecule has 3 aromatic carbocycles. The van der Waals surface area contributed by atoms with Gasteiger partial charge < -0.3 is 54.3 Å². The van der Waals surface area contributed by atoms with Gasteiger partial charge in [-0.25, -0.2) is 4.98 Å². The number of fused-ring (bicyclic) bond motifs is 2. The van der Waals surface area contributed by atoms with E-state index >= 15 is 0 Å². The Labute approximate surface area is 318 Å². The lowest BCUT2D eigenvalue weighted by molar-refractivity contribution is -0.138. The zero-order valence-electron chi connectivity index (χ0n) is 30.3. The number of nitrogens with one attached hydrogen (secondary N) is 1. The van der Waals surface area contributed by atoms with Gasteiger partial charge >= 0.3 is 23.9 Å². The number of benzene rings is 4. The van der Waals surface area contributed by atoms with E-state index in [1.54, 1.807) is 31.2 Å². The highest BCUT2D eigenvalue weighted by molar-refractivity contribution is 6.08. The molecule has 1 heterocycles. The fourth-order valence-corrected chi connectivity index (χ4v) is 5.72. The van der Waals surface area contributed by atoms with Crippen LogP contribution in [0, 0.1) is 6.92 Å². The molecule has 0 aromatic heterocycles. The molecule has 0 saturated carbocycles. The van der Waals surface area contributed by atoms with Crippen LogP contribution in [0.4, 0.5) is 22.7 Å². The molecule has 292 valence electrons. The summed E-state index contributed by atoms with van der Waals surface area (Å²) in [7, 11) is 3.71. The van der Waals surface area contributed by atoms with E-state index < -0.39 is 61.4 Å². The molecule has 2 aliphatic rings. The first-order valence-corrected chi connectivity index (χ1v) is 16.8. The van der Waals surface area contributed by atoms with Crippen LogP contribution >= 0.6 is 0 Å². The predicted octanol–water partition coefficient (Wildman–Crippen LogP) is 3.33. The number of nitrogens with zero attached hydrogens (tertiary/aromatic N) is 4. The van der Waals surface area contributed by atoms with Crippen molar-refractivity contribution in [1.82, 2.24) is 4.98 Å². The molecule has 1 amide bonds. The van der Waals surface area contributed by atoms with Crippen LogP contribution in [0.3, 0.4) is 0 Å². The molecule has 1 aliphatic heterocycles. The smallest absolute Gasteiger partial charge is 0.323 e. The van der Waals surface area contributed by atoms with Crippen molar-refractivity contribution in [3.05, 3.63) is 88.1 Å². The number of carbonyl (C=O) groups is 5. The highest BCUT2D eigenvalue weighted by Gasteiger charge is 2.24. The minimum Gasteiger partial charge on any atom is -0.488 e. The summed E-state index contributed by atoms with van der Waals surface area (Å²) in [5, 5.41) is 40.5. The standard InChI is InChI=1S/C38H37N5O13/c1-21-4-8-27(42(17-33(45)46)18-34(47)48)30(12-21)54-10-11-55-31-13-22(5-9-28(31)43(19-35(49)50)20-36(51)52)39-38(53)25-15-24(44)16-32-37(25)40-26-7-6-23(41(2)3)14-29(26)56-32/h4-9,12-16H,10-11,17-20H2,1-3H3,(H,39,53)(H,45,46)(H,47,48)(H,49,50)(H,51,52). The molecular weight excluding hydrogens is 734 g/mol. The quantitative estimate of drug-likeness (QED) is 0.0633. The van der Waals surface area contributed by atoms with Gasteiger partial charge in [0.2, 0.25) is 0 Å². The van der Waals surface area contributed by atoms with Crippen molar-refractivity contribution >= 4 is 63.6 Å². The topological polar surface area (TPSA) is 250 Å². The molecule has 0 bridgehead atoms. The average Bonchev–Trinajstić information content (AvgIpc) is 3.10. The summed E-state index contributed by atoms with van der Waals surface area (Å²) < 4.78 is 17.8. The van der Waals surface area contributed by atoms with Crippen LogP contribution in [0.1, 0.15) is 15.9 Å². The van der Waals surface area contributed by atoms with Crippen LogP contribution in [0.15, 0.2) is 75.9 Å². The molecule has 18 heteroatoms. The monoisotopic (exact) mass is 771 g/mol. The van der Waals surface area contributed by atoms with E-state index in [9.17, 15) is 49.2 Å². The summed E-state index contributed by atoms with van der Waals surface area (Å²) in [6.45, 7) is -1.37. The number of aliphatic carboxylic acids is 4. The number of hydrogen-bond donors (Lipinski definition) is 5. The molecule has 5 N–H and O–H groups in total. The lowest BCUT2D eigenvalue weighted by atomic mass is 10.1. The maximum atomic E-state index is 13.7. The Balaban J connectivity index is 1.44. The second-order valence-corrected chi connectivity index (χ2v) is 12.7. The summed E-state index contributed by atoms with van der Waals surface area (Å²) in [5.41, 5.74) is 2.26. The Morgan fingerprint density at radius 2 is 1.27 bits per heavy atom. The van der Waals surface area contributed by atoms with Gasteiger partial charge in [0.05, 0.1) is 16.9 Å². The number of aromatic nitrogens is 1. The van der Waals surface area contributed by atoms with E-state index in [1.807, 2.05) is 25.1 Å². The number of rotatable bonds is 18. The zero-order chi connectivity index (χ0) is 40.7. The summed E-state index contributed by atoms with van der Waals surface area (Å²) in [6.07, 6.45) is 0. The first-order valence-electron chi connectivity index (χ1n) is 16.8. The van der Waals surface area contributed by atoms with E-state index in [0.717, 1.165) is 27.1 Å². The van der Waals surface area contributed by atoms with Crippen molar-refractivity contribution in [2.75, 3.05) is 73.5 Å². The Morgan fingerprint density at radius 3 is 1.82 bits per heavy atom. The normalized spacial score (nSPS) is 10.8. The van der Waals surface area contributed by atoms with Crippen LogP contribution in [-0.2, 0) is 19.2 Å². The fraction of sp³-hybridized carbons (Fsp3) is 0.237. The molecular formula is C38H37N5O13. The van der Waals surface area contributed by atoms with Crippen LogP contribution < -0.4 is 34.9 Å². The molecule has 1 aliphatic carbocycles. The summed E-state index contributed by atoms with van der Waals surface area (Å²) >= 11 is 0. The van der Waals surface area contributed by atoms with Crippen molar-refractivity contribution in [2.45, 2.75) is 6.92 Å². The molecule has 3 aromatic rings. The lowest BCUT2D eigenvalue weighted by Gasteiger charge is -2.25. The van der Waals surface area contributed by atoms with Crippen LogP contribution in [0.2, 0.25) is 0 Å². The number of ether oxygens (including phenoxy) is 2. The molecule has 0 unspecified atom stereocenters. The number of anilines is 4. The number of carboxylic acids is 4. The molecule has 56 heavy (non-hydrogen) atoms. The SMILES string of the molecule is Cc1ccc(N(CC(=O)O)CC(=O)O)c(OCCOc2cc(NC(=O)c3cc(=O)cc4oc5cc(N(C)C)ccc5nc3-4)ccc2N(CC(=O)O)CC(=O)O)c1. The molecule has 18 nitrogen and oxygen atoms in total. The van der Waals surface area contributed by atoms with E-state index in [4.69, 9.17) is 13.9 Å². The van der Waals surface area contributed by atoms with Crippen molar-refractivity contribution in [3.63, 3.8) is 0 Å². The summed E-state index contributed by atoms with van der Waals surface area (Å²) in [5.74, 6) is -5.73. The summed E-state index contributed by atoms with van der Waals surface area (Å²) in [4.78, 5) is 81.4. The second kappa shape index (κ2) is 17.2. The number of aryl methyl sites for hydroxylation is 1. The maximum absolute atomic E-state index is 13.7. The van der Waals surface area contributed by atoms with E-state index in [1.165, 1.54) is 30.3 Å². The van der Waals surface area contributed by atoms with Crippen LogP contribution in [0.25, 0.3) is 22.6 Å². The Kier molecular flexibility index (Phi) is 12.2. The van der Waals surface area contributed by atoms with E-state index in [2.05, 4.69) is 10.3 Å². The third kappa shape index (κ3) is 9.98. The number of carboxylic acid groups (broad SMARTS) is 4. The van der Waals surface area contributed by atoms with Crippen molar-refractivity contribution in [1.29, 1.82) is 0 Å². The molecule has 0 spiro atoms. The number of hydrogen-bond acceptors (Lipinski definition) is 13. The first-order chi connectivity index (χ1) is 26.6. The first kappa shape index (κ1) is 39.8. The Morgan fingerprint density at radius 1 is 0.714 bits per heavy atom. The highest BCUT2D eigenvalue weighted by Crippen LogP contribution is 2.34. The summed E-state index contributed by atoms with van der Waals surface area (Å²) in [6, 6.07) is 16.5. The molecule has 0 fully saturated rings. The minimum absolute atomic E-state index is 0.0463. The Bertz CT molecular complexity index is 2310. The largest absolute Gasteiger partial charge is 0.488 e. The van der Waals surface area contributed by atoms with Crippen LogP contribution in [-0.4, -0.2) is 109 Å². The van der Waals surface area contributed by atoms with Gasteiger partial charge in [-0.1, -0.05) is 6.07 Å². The molecule has 5 rings (SSSR count). The van der Waals surface area contributed by atoms with Gasteiger partial charge in [0.15, 0.2) is 16.8 Å². The average molecular weight is 772 g/mol. The fourth-order valence-electron chi connectivity index (χ4n) is 5.72. The number of carbonyl (C=O) groups excluding carboxylic acids is 1. The van der Waals surface area contributed by atoms with E-state index in [-0.39, 0.29) is 58.8 Å². The maximum Gasteiger partial charge on any atom is 0.323 e. The third-order valence-corrected chi connectivity index (χ3v) is 8.12. The number of amides is 1. The van der Waals surface area contributed by atoms with Crippen molar-refractivity contribution in [3.8, 4) is 23.0 Å². The predicted molar refractivity (Wildman–Crippen MR) is 203 cm³/mol. The van der Waals surface area contributed by atoms with Crippen molar-refractivity contribution in [2.24, 2.45) is 0 Å². The van der Waals surface area contributed by atoms with Crippen LogP contribution in [0.5, 0.6) is 11.5 Å².